The molecule has 2 fully saturated rings. The van der Waals surface area contributed by atoms with Crippen LogP contribution in [0.5, 0.6) is 5.75 Å². The van der Waals surface area contributed by atoms with Crippen LogP contribution in [0.4, 0.5) is 20.2 Å². The molecule has 2 amide bonds. The number of rotatable bonds is 6. The summed E-state index contributed by atoms with van der Waals surface area (Å²) < 4.78 is 33.3. The molecule has 0 radical (unpaired) electrons. The Kier molecular flexibility index (Phi) is 6.86. The average Bonchev–Trinajstić information content (AvgIpc) is 2.85. The van der Waals surface area contributed by atoms with E-state index in [4.69, 9.17) is 4.74 Å². The van der Waals surface area contributed by atoms with Crippen molar-refractivity contribution < 1.29 is 23.1 Å². The van der Waals surface area contributed by atoms with Gasteiger partial charge in [0.2, 0.25) is 5.91 Å². The fourth-order valence-electron chi connectivity index (χ4n) is 4.34. The van der Waals surface area contributed by atoms with Crippen molar-refractivity contribution in [2.45, 2.75) is 18.9 Å². The second-order valence-corrected chi connectivity index (χ2v) is 8.86. The van der Waals surface area contributed by atoms with E-state index in [2.05, 4.69) is 15.5 Å². The molecular weight excluding hydrogens is 468 g/mol. The number of amides is 2. The molecule has 0 aliphatic carbocycles. The van der Waals surface area contributed by atoms with Crippen LogP contribution in [0.15, 0.2) is 60.9 Å². The molecule has 2 aliphatic heterocycles. The molecule has 36 heavy (non-hydrogen) atoms. The summed E-state index contributed by atoms with van der Waals surface area (Å²) in [6.45, 7) is 2.10. The molecule has 186 valence electrons. The van der Waals surface area contributed by atoms with Gasteiger partial charge in [0.25, 0.3) is 5.91 Å². The minimum atomic E-state index is -0.859. The quantitative estimate of drug-likeness (QED) is 0.567. The highest BCUT2D eigenvalue weighted by molar-refractivity contribution is 6.02. The van der Waals surface area contributed by atoms with E-state index in [0.29, 0.717) is 56.1 Å². The van der Waals surface area contributed by atoms with Gasteiger partial charge in [-0.1, -0.05) is 0 Å². The van der Waals surface area contributed by atoms with Crippen LogP contribution >= 0.6 is 0 Å². The molecule has 8 nitrogen and oxygen atoms in total. The van der Waals surface area contributed by atoms with Gasteiger partial charge in [0.05, 0.1) is 29.6 Å². The Bertz CT molecular complexity index is 1230. The lowest BCUT2D eigenvalue weighted by atomic mass is 10.0. The van der Waals surface area contributed by atoms with Gasteiger partial charge >= 0.3 is 0 Å². The lowest BCUT2D eigenvalue weighted by Gasteiger charge is -2.33. The van der Waals surface area contributed by atoms with Crippen LogP contribution in [0, 0.1) is 17.6 Å². The zero-order chi connectivity index (χ0) is 25.1. The maximum Gasteiger partial charge on any atom is 0.256 e. The number of benzene rings is 2. The Morgan fingerprint density at radius 2 is 1.72 bits per heavy atom. The number of carbonyl (C=O) groups is 2. The van der Waals surface area contributed by atoms with Crippen LogP contribution in [0.25, 0.3) is 0 Å². The highest BCUT2D eigenvalue weighted by Gasteiger charge is 2.31. The van der Waals surface area contributed by atoms with Crippen LogP contribution in [-0.2, 0) is 4.79 Å². The maximum absolute atomic E-state index is 14.0. The summed E-state index contributed by atoms with van der Waals surface area (Å²) in [5, 5.41) is 10.8. The number of nitrogens with zero attached hydrogens (tertiary/aromatic N) is 4. The van der Waals surface area contributed by atoms with Crippen LogP contribution in [-0.4, -0.2) is 59.2 Å². The van der Waals surface area contributed by atoms with E-state index in [9.17, 15) is 18.4 Å². The molecule has 5 rings (SSSR count). The SMILES string of the molecule is O=C(c1ccc(F)cc1F)N1CCC(Oc2ccc(N(C(=O)C3CNC3)c3ccnnc3)cc2)CC1. The van der Waals surface area contributed by atoms with E-state index >= 15 is 0 Å². The first kappa shape index (κ1) is 23.8. The largest absolute Gasteiger partial charge is 0.490 e. The number of hydrogen-bond acceptors (Lipinski definition) is 6. The Labute approximate surface area is 206 Å². The summed E-state index contributed by atoms with van der Waals surface area (Å²) in [5.74, 6) is -1.48. The van der Waals surface area contributed by atoms with Crippen molar-refractivity contribution in [1.82, 2.24) is 20.4 Å². The molecule has 0 saturated carbocycles. The summed E-state index contributed by atoms with van der Waals surface area (Å²) in [6.07, 6.45) is 4.16. The smallest absolute Gasteiger partial charge is 0.256 e. The third-order valence-corrected chi connectivity index (χ3v) is 6.47. The second-order valence-electron chi connectivity index (χ2n) is 8.86. The monoisotopic (exact) mass is 493 g/mol. The van der Waals surface area contributed by atoms with Gasteiger partial charge in [-0.15, -0.1) is 0 Å². The number of hydrogen-bond donors (Lipinski definition) is 1. The van der Waals surface area contributed by atoms with Crippen LogP contribution < -0.4 is 15.0 Å². The molecule has 1 aromatic heterocycles. The molecule has 10 heteroatoms. The summed E-state index contributed by atoms with van der Waals surface area (Å²) in [7, 11) is 0. The predicted octanol–water partition coefficient (Wildman–Crippen LogP) is 3.32. The van der Waals surface area contributed by atoms with Crippen LogP contribution in [0.2, 0.25) is 0 Å². The number of aromatic nitrogens is 2. The molecule has 0 unspecified atom stereocenters. The first-order chi connectivity index (χ1) is 17.5. The lowest BCUT2D eigenvalue weighted by molar-refractivity contribution is -0.123. The van der Waals surface area contributed by atoms with Crippen LogP contribution in [0.3, 0.4) is 0 Å². The minimum absolute atomic E-state index is 0.00921. The third kappa shape index (κ3) is 5.03. The van der Waals surface area contributed by atoms with Gasteiger partial charge in [-0.25, -0.2) is 8.78 Å². The summed E-state index contributed by atoms with van der Waals surface area (Å²) >= 11 is 0. The highest BCUT2D eigenvalue weighted by atomic mass is 19.1. The van der Waals surface area contributed by atoms with Crippen molar-refractivity contribution in [2.24, 2.45) is 5.92 Å². The molecule has 0 bridgehead atoms. The van der Waals surface area contributed by atoms with Crippen molar-refractivity contribution in [2.75, 3.05) is 31.1 Å². The van der Waals surface area contributed by atoms with Gasteiger partial charge in [-0.3, -0.25) is 14.5 Å². The molecule has 2 aromatic carbocycles. The van der Waals surface area contributed by atoms with E-state index in [0.717, 1.165) is 12.1 Å². The topological polar surface area (TPSA) is 87.7 Å². The van der Waals surface area contributed by atoms with Crippen molar-refractivity contribution in [3.63, 3.8) is 0 Å². The molecule has 2 aliphatic rings. The normalized spacial score (nSPS) is 16.3. The van der Waals surface area contributed by atoms with Crippen molar-refractivity contribution in [1.29, 1.82) is 0 Å². The predicted molar refractivity (Wildman–Crippen MR) is 128 cm³/mol. The molecule has 3 heterocycles. The Morgan fingerprint density at radius 3 is 2.33 bits per heavy atom. The van der Waals surface area contributed by atoms with Crippen LogP contribution in [0.1, 0.15) is 23.2 Å². The fraction of sp³-hybridized carbons (Fsp3) is 0.308. The number of ether oxygens (including phenoxy) is 1. The van der Waals surface area contributed by atoms with Crippen molar-refractivity contribution in [3.8, 4) is 5.75 Å². The van der Waals surface area contributed by atoms with Gasteiger partial charge in [0, 0.05) is 50.8 Å². The maximum atomic E-state index is 14.0. The average molecular weight is 494 g/mol. The Morgan fingerprint density at radius 1 is 0.972 bits per heavy atom. The number of halogens is 2. The number of piperidine rings is 1. The molecule has 0 atom stereocenters. The zero-order valence-electron chi connectivity index (χ0n) is 19.4. The van der Waals surface area contributed by atoms with Gasteiger partial charge in [-0.2, -0.15) is 10.2 Å². The summed E-state index contributed by atoms with van der Waals surface area (Å²) in [5.41, 5.74) is 1.21. The minimum Gasteiger partial charge on any atom is -0.490 e. The summed E-state index contributed by atoms with van der Waals surface area (Å²) in [4.78, 5) is 28.9. The number of carbonyl (C=O) groups excluding carboxylic acids is 2. The zero-order valence-corrected chi connectivity index (χ0v) is 19.4. The number of nitrogens with one attached hydrogen (secondary N) is 1. The lowest BCUT2D eigenvalue weighted by Crippen LogP contribution is -2.51. The third-order valence-electron chi connectivity index (χ3n) is 6.47. The van der Waals surface area contributed by atoms with E-state index in [1.54, 1.807) is 28.3 Å². The standard InChI is InChI=1S/C26H25F2N5O3/c27-18-1-6-23(24(28)13-18)26(35)32-11-8-22(9-12-32)36-21-4-2-19(3-5-21)33(20-7-10-30-31-16-20)25(34)17-14-29-15-17/h1-7,10,13,16-17,22,29H,8-9,11-12,14-15H2. The van der Waals surface area contributed by atoms with Crippen molar-refractivity contribution in [3.05, 3.63) is 78.1 Å². The molecular formula is C26H25F2N5O3. The molecule has 1 N–H and O–H groups in total. The first-order valence-electron chi connectivity index (χ1n) is 11.8. The van der Waals surface area contributed by atoms with Gasteiger partial charge in [0.15, 0.2) is 0 Å². The first-order valence-corrected chi connectivity index (χ1v) is 11.8. The van der Waals surface area contributed by atoms with Crippen molar-refractivity contribution >= 4 is 23.2 Å². The Hall–Kier alpha value is -3.92. The molecule has 3 aromatic rings. The van der Waals surface area contributed by atoms with E-state index < -0.39 is 17.5 Å². The van der Waals surface area contributed by atoms with E-state index in [-0.39, 0.29) is 23.5 Å². The molecule has 2 saturated heterocycles. The fourth-order valence-corrected chi connectivity index (χ4v) is 4.34. The number of likely N-dealkylation sites (tertiary alicyclic amines) is 1. The van der Waals surface area contributed by atoms with E-state index in [1.165, 1.54) is 6.07 Å². The second kappa shape index (κ2) is 10.4. The van der Waals surface area contributed by atoms with Gasteiger partial charge < -0.3 is 15.0 Å². The summed E-state index contributed by atoms with van der Waals surface area (Å²) in [6, 6.07) is 12.0. The highest BCUT2D eigenvalue weighted by Crippen LogP contribution is 2.30. The van der Waals surface area contributed by atoms with E-state index in [1.807, 2.05) is 24.3 Å². The Balaban J connectivity index is 1.21. The number of anilines is 2. The molecule has 0 spiro atoms. The van der Waals surface area contributed by atoms with Gasteiger partial charge in [-0.05, 0) is 42.5 Å². The van der Waals surface area contributed by atoms with Gasteiger partial charge in [0.1, 0.15) is 23.5 Å².